The molecule has 0 aliphatic heterocycles. The lowest BCUT2D eigenvalue weighted by Crippen LogP contribution is -1.71. The van der Waals surface area contributed by atoms with E-state index in [-0.39, 0.29) is 0 Å². The molecule has 0 amide bonds. The number of thiophene rings is 1. The molecular weight excluding hydrogens is 256 g/mol. The zero-order valence-electron chi connectivity index (χ0n) is 6.18. The van der Waals surface area contributed by atoms with Crippen molar-refractivity contribution < 1.29 is 0 Å². The van der Waals surface area contributed by atoms with Gasteiger partial charge in [-0.3, -0.25) is 0 Å². The fourth-order valence-electron chi connectivity index (χ4n) is 1.16. The third-order valence-corrected chi connectivity index (χ3v) is 3.60. The Morgan fingerprint density at radius 2 is 2.25 bits per heavy atom. The van der Waals surface area contributed by atoms with Gasteiger partial charge < -0.3 is 0 Å². The van der Waals surface area contributed by atoms with Crippen LogP contribution in [0.5, 0.6) is 0 Å². The molecule has 0 unspecified atom stereocenters. The van der Waals surface area contributed by atoms with Crippen LogP contribution in [-0.4, -0.2) is 0 Å². The number of alkyl halides is 1. The number of hydrogen-bond acceptors (Lipinski definition) is 1. The predicted octanol–water partition coefficient (Wildman–Crippen LogP) is 4.45. The van der Waals surface area contributed by atoms with E-state index < -0.39 is 0 Å². The lowest BCUT2D eigenvalue weighted by Gasteiger charge is -1.92. The van der Waals surface area contributed by atoms with Gasteiger partial charge in [0.2, 0.25) is 0 Å². The number of benzene rings is 1. The molecule has 0 fully saturated rings. The van der Waals surface area contributed by atoms with Gasteiger partial charge in [0.25, 0.3) is 0 Å². The minimum Gasteiger partial charge on any atom is -0.143 e. The van der Waals surface area contributed by atoms with Crippen molar-refractivity contribution in [2.75, 3.05) is 0 Å². The molecule has 0 aliphatic rings. The second kappa shape index (κ2) is 3.36. The molecule has 0 aliphatic carbocycles. The standard InChI is InChI=1S/C9H6BrClS/c10-4-6-5-12-9-3-7(11)1-2-8(6)9/h1-3,5H,4H2. The van der Waals surface area contributed by atoms with E-state index in [0.717, 1.165) is 10.4 Å². The van der Waals surface area contributed by atoms with E-state index >= 15 is 0 Å². The van der Waals surface area contributed by atoms with Gasteiger partial charge in [0, 0.05) is 15.1 Å². The highest BCUT2D eigenvalue weighted by Crippen LogP contribution is 2.29. The topological polar surface area (TPSA) is 0 Å². The Balaban J connectivity index is 2.73. The zero-order valence-corrected chi connectivity index (χ0v) is 9.34. The summed E-state index contributed by atoms with van der Waals surface area (Å²) in [5.41, 5.74) is 1.34. The van der Waals surface area contributed by atoms with Crippen molar-refractivity contribution in [3.05, 3.63) is 34.2 Å². The molecule has 0 spiro atoms. The van der Waals surface area contributed by atoms with Gasteiger partial charge in [-0.2, -0.15) is 0 Å². The third kappa shape index (κ3) is 1.39. The highest BCUT2D eigenvalue weighted by Gasteiger charge is 2.02. The van der Waals surface area contributed by atoms with Gasteiger partial charge in [-0.05, 0) is 28.5 Å². The first-order valence-electron chi connectivity index (χ1n) is 3.53. The quantitative estimate of drug-likeness (QED) is 0.665. The van der Waals surface area contributed by atoms with Crippen LogP contribution >= 0.6 is 38.9 Å². The van der Waals surface area contributed by atoms with E-state index in [1.165, 1.54) is 15.6 Å². The van der Waals surface area contributed by atoms with Gasteiger partial charge in [-0.15, -0.1) is 11.3 Å². The first kappa shape index (κ1) is 8.54. The van der Waals surface area contributed by atoms with E-state index in [1.54, 1.807) is 11.3 Å². The van der Waals surface area contributed by atoms with Crippen LogP contribution in [0.25, 0.3) is 10.1 Å². The van der Waals surface area contributed by atoms with E-state index in [4.69, 9.17) is 11.6 Å². The summed E-state index contributed by atoms with van der Waals surface area (Å²) in [7, 11) is 0. The van der Waals surface area contributed by atoms with Crippen LogP contribution in [0, 0.1) is 0 Å². The van der Waals surface area contributed by atoms with Crippen molar-refractivity contribution >= 4 is 49.0 Å². The minimum atomic E-state index is 0.811. The summed E-state index contributed by atoms with van der Waals surface area (Å²) < 4.78 is 1.26. The van der Waals surface area contributed by atoms with Crippen LogP contribution < -0.4 is 0 Å². The monoisotopic (exact) mass is 260 g/mol. The van der Waals surface area contributed by atoms with Crippen molar-refractivity contribution in [2.45, 2.75) is 5.33 Å². The second-order valence-electron chi connectivity index (χ2n) is 2.54. The maximum atomic E-state index is 5.87. The molecule has 0 saturated heterocycles. The molecule has 0 bridgehead atoms. The first-order valence-corrected chi connectivity index (χ1v) is 5.91. The Labute approximate surface area is 88.3 Å². The predicted molar refractivity (Wildman–Crippen MR) is 59.5 cm³/mol. The van der Waals surface area contributed by atoms with Crippen LogP contribution in [0.4, 0.5) is 0 Å². The van der Waals surface area contributed by atoms with Gasteiger partial charge in [0.05, 0.1) is 0 Å². The van der Waals surface area contributed by atoms with Crippen molar-refractivity contribution in [1.82, 2.24) is 0 Å². The summed E-state index contributed by atoms with van der Waals surface area (Å²) in [6.45, 7) is 0. The average Bonchev–Trinajstić information content (AvgIpc) is 2.46. The summed E-state index contributed by atoms with van der Waals surface area (Å²) in [5.74, 6) is 0. The molecule has 1 aromatic heterocycles. The van der Waals surface area contributed by atoms with E-state index in [1.807, 2.05) is 12.1 Å². The Kier molecular flexibility index (Phi) is 2.40. The Morgan fingerprint density at radius 3 is 3.00 bits per heavy atom. The van der Waals surface area contributed by atoms with Gasteiger partial charge in [-0.1, -0.05) is 33.6 Å². The maximum Gasteiger partial charge on any atom is 0.0420 e. The van der Waals surface area contributed by atoms with Crippen molar-refractivity contribution in [3.8, 4) is 0 Å². The van der Waals surface area contributed by atoms with Gasteiger partial charge in [-0.25, -0.2) is 0 Å². The molecule has 1 aromatic carbocycles. The normalized spacial score (nSPS) is 10.8. The van der Waals surface area contributed by atoms with Gasteiger partial charge in [0.1, 0.15) is 0 Å². The smallest absolute Gasteiger partial charge is 0.0420 e. The molecule has 0 radical (unpaired) electrons. The van der Waals surface area contributed by atoms with Crippen molar-refractivity contribution in [1.29, 1.82) is 0 Å². The highest BCUT2D eigenvalue weighted by molar-refractivity contribution is 9.08. The SMILES string of the molecule is Clc1ccc2c(CBr)csc2c1. The molecule has 3 heteroatoms. The lowest BCUT2D eigenvalue weighted by molar-refractivity contribution is 1.55. The molecule has 62 valence electrons. The summed E-state index contributed by atoms with van der Waals surface area (Å²) in [6, 6.07) is 6.02. The first-order chi connectivity index (χ1) is 5.81. The van der Waals surface area contributed by atoms with Crippen LogP contribution in [0.2, 0.25) is 5.02 Å². The van der Waals surface area contributed by atoms with Crippen molar-refractivity contribution in [3.63, 3.8) is 0 Å². The summed E-state index contributed by atoms with van der Waals surface area (Å²) in [6.07, 6.45) is 0. The number of rotatable bonds is 1. The largest absolute Gasteiger partial charge is 0.143 e. The summed E-state index contributed by atoms with van der Waals surface area (Å²) >= 11 is 11.1. The molecule has 0 saturated carbocycles. The van der Waals surface area contributed by atoms with Gasteiger partial charge >= 0.3 is 0 Å². The van der Waals surface area contributed by atoms with E-state index in [2.05, 4.69) is 27.4 Å². The minimum absolute atomic E-state index is 0.811. The number of halogens is 2. The van der Waals surface area contributed by atoms with E-state index in [0.29, 0.717) is 0 Å². The van der Waals surface area contributed by atoms with E-state index in [9.17, 15) is 0 Å². The Hall–Kier alpha value is -0.0500. The number of hydrogen-bond donors (Lipinski definition) is 0. The molecule has 0 N–H and O–H groups in total. The lowest BCUT2D eigenvalue weighted by atomic mass is 10.2. The molecule has 2 rings (SSSR count). The second-order valence-corrected chi connectivity index (χ2v) is 4.44. The third-order valence-electron chi connectivity index (χ3n) is 1.76. The molecule has 0 nitrogen and oxygen atoms in total. The van der Waals surface area contributed by atoms with Crippen LogP contribution in [0.15, 0.2) is 23.6 Å². The molecular formula is C9H6BrClS. The number of fused-ring (bicyclic) bond motifs is 1. The molecule has 2 aromatic rings. The van der Waals surface area contributed by atoms with Crippen molar-refractivity contribution in [2.24, 2.45) is 0 Å². The summed E-state index contributed by atoms with van der Waals surface area (Å²) in [5, 5.41) is 5.19. The fourth-order valence-corrected chi connectivity index (χ4v) is 3.08. The fraction of sp³-hybridized carbons (Fsp3) is 0.111. The molecule has 0 atom stereocenters. The average molecular weight is 262 g/mol. The van der Waals surface area contributed by atoms with Crippen LogP contribution in [0.1, 0.15) is 5.56 Å². The Bertz CT molecular complexity index is 408. The van der Waals surface area contributed by atoms with Gasteiger partial charge in [0.15, 0.2) is 0 Å². The Morgan fingerprint density at radius 1 is 1.42 bits per heavy atom. The van der Waals surface area contributed by atoms with Crippen LogP contribution in [0.3, 0.4) is 0 Å². The zero-order chi connectivity index (χ0) is 8.55. The highest BCUT2D eigenvalue weighted by atomic mass is 79.9. The maximum absolute atomic E-state index is 5.87. The molecule has 1 heterocycles. The molecule has 12 heavy (non-hydrogen) atoms. The summed E-state index contributed by atoms with van der Waals surface area (Å²) in [4.78, 5) is 0. The van der Waals surface area contributed by atoms with Crippen LogP contribution in [-0.2, 0) is 5.33 Å².